The van der Waals surface area contributed by atoms with Crippen LogP contribution in [0, 0.1) is 20.8 Å². The van der Waals surface area contributed by atoms with E-state index in [0.29, 0.717) is 0 Å². The lowest BCUT2D eigenvalue weighted by atomic mass is 9.98. The summed E-state index contributed by atoms with van der Waals surface area (Å²) in [6.07, 6.45) is 3.44. The molecule has 2 aromatic carbocycles. The fraction of sp³-hybridized carbons (Fsp3) is 0.222. The van der Waals surface area contributed by atoms with Crippen LogP contribution in [0.2, 0.25) is 0 Å². The van der Waals surface area contributed by atoms with Crippen molar-refractivity contribution in [2.75, 3.05) is 0 Å². The van der Waals surface area contributed by atoms with Crippen LogP contribution in [0.3, 0.4) is 0 Å². The van der Waals surface area contributed by atoms with Crippen molar-refractivity contribution < 1.29 is 0 Å². The minimum absolute atomic E-state index is 1.08. The van der Waals surface area contributed by atoms with E-state index < -0.39 is 0 Å². The largest absolute Gasteiger partial charge is 0.0587 e. The first-order valence-corrected chi connectivity index (χ1v) is 6.52. The fourth-order valence-corrected chi connectivity index (χ4v) is 2.70. The first-order chi connectivity index (χ1) is 8.65. The first kappa shape index (κ1) is 11.3. The van der Waals surface area contributed by atoms with E-state index in [4.69, 9.17) is 0 Å². The molecule has 0 bridgehead atoms. The second-order valence-electron chi connectivity index (χ2n) is 5.30. The molecule has 90 valence electrons. The molecule has 0 unspecified atom stereocenters. The summed E-state index contributed by atoms with van der Waals surface area (Å²) in [5.41, 5.74) is 9.86. The second-order valence-corrected chi connectivity index (χ2v) is 5.30. The van der Waals surface area contributed by atoms with Crippen molar-refractivity contribution >= 4 is 11.6 Å². The van der Waals surface area contributed by atoms with Gasteiger partial charge in [-0.1, -0.05) is 48.0 Å². The molecule has 0 amide bonds. The number of hydrogen-bond donors (Lipinski definition) is 0. The lowest BCUT2D eigenvalue weighted by Gasteiger charge is -2.06. The van der Waals surface area contributed by atoms with Gasteiger partial charge in [-0.05, 0) is 60.6 Å². The molecule has 0 saturated carbocycles. The third-order valence-electron chi connectivity index (χ3n) is 3.92. The highest BCUT2D eigenvalue weighted by Gasteiger charge is 2.17. The minimum atomic E-state index is 1.08. The van der Waals surface area contributed by atoms with Crippen molar-refractivity contribution in [1.82, 2.24) is 0 Å². The summed E-state index contributed by atoms with van der Waals surface area (Å²) in [6, 6.07) is 13.3. The molecular formula is C18H18. The average molecular weight is 234 g/mol. The van der Waals surface area contributed by atoms with Crippen molar-refractivity contribution in [2.24, 2.45) is 0 Å². The molecule has 3 rings (SSSR count). The molecule has 0 heteroatoms. The maximum atomic E-state index is 2.36. The van der Waals surface area contributed by atoms with E-state index in [9.17, 15) is 0 Å². The minimum Gasteiger partial charge on any atom is -0.0587 e. The monoisotopic (exact) mass is 234 g/mol. The molecule has 2 aromatic rings. The van der Waals surface area contributed by atoms with Gasteiger partial charge in [0.05, 0.1) is 0 Å². The Kier molecular flexibility index (Phi) is 2.59. The second kappa shape index (κ2) is 4.13. The summed E-state index contributed by atoms with van der Waals surface area (Å²) in [5.74, 6) is 0. The lowest BCUT2D eigenvalue weighted by molar-refractivity contribution is 1.22. The molecule has 0 heterocycles. The average Bonchev–Trinajstić information content (AvgIpc) is 2.81. The molecule has 1 aliphatic rings. The third kappa shape index (κ3) is 1.78. The molecular weight excluding hydrogens is 216 g/mol. The Balaban J connectivity index is 2.05. The molecule has 0 aliphatic heterocycles. The first-order valence-electron chi connectivity index (χ1n) is 6.52. The molecule has 0 spiro atoms. The van der Waals surface area contributed by atoms with Gasteiger partial charge in [0.1, 0.15) is 0 Å². The van der Waals surface area contributed by atoms with Crippen LogP contribution in [0.1, 0.15) is 33.4 Å². The highest BCUT2D eigenvalue weighted by Crippen LogP contribution is 2.35. The Bertz CT molecular complexity index is 628. The van der Waals surface area contributed by atoms with Gasteiger partial charge in [0.25, 0.3) is 0 Å². The number of aryl methyl sites for hydroxylation is 3. The zero-order chi connectivity index (χ0) is 12.7. The van der Waals surface area contributed by atoms with Crippen LogP contribution in [-0.4, -0.2) is 0 Å². The molecule has 0 saturated heterocycles. The quantitative estimate of drug-likeness (QED) is 0.670. The van der Waals surface area contributed by atoms with E-state index >= 15 is 0 Å². The van der Waals surface area contributed by atoms with E-state index in [2.05, 4.69) is 63.2 Å². The van der Waals surface area contributed by atoms with Gasteiger partial charge in [-0.15, -0.1) is 0 Å². The maximum Gasteiger partial charge on any atom is -0.00109 e. The van der Waals surface area contributed by atoms with Gasteiger partial charge in [0.2, 0.25) is 0 Å². The summed E-state index contributed by atoms with van der Waals surface area (Å²) < 4.78 is 0. The molecule has 0 nitrogen and oxygen atoms in total. The molecule has 0 atom stereocenters. The summed E-state index contributed by atoms with van der Waals surface area (Å²) in [5, 5.41) is 0. The van der Waals surface area contributed by atoms with Gasteiger partial charge >= 0.3 is 0 Å². The summed E-state index contributed by atoms with van der Waals surface area (Å²) in [6.45, 7) is 6.55. The molecule has 0 aromatic heterocycles. The Hall–Kier alpha value is -1.82. The number of benzene rings is 2. The van der Waals surface area contributed by atoms with Gasteiger partial charge in [-0.3, -0.25) is 0 Å². The SMILES string of the molecule is Cc1ccc(C2=Cc3c(C)ccc(C)c3C2)cc1. The summed E-state index contributed by atoms with van der Waals surface area (Å²) >= 11 is 0. The van der Waals surface area contributed by atoms with Gasteiger partial charge < -0.3 is 0 Å². The highest BCUT2D eigenvalue weighted by molar-refractivity contribution is 5.90. The smallest absolute Gasteiger partial charge is 0.00109 e. The van der Waals surface area contributed by atoms with E-state index in [-0.39, 0.29) is 0 Å². The number of rotatable bonds is 1. The van der Waals surface area contributed by atoms with Crippen molar-refractivity contribution in [3.05, 3.63) is 69.8 Å². The van der Waals surface area contributed by atoms with Crippen LogP contribution >= 0.6 is 0 Å². The van der Waals surface area contributed by atoms with Crippen LogP contribution < -0.4 is 0 Å². The predicted octanol–water partition coefficient (Wildman–Crippen LogP) is 4.71. The third-order valence-corrected chi connectivity index (χ3v) is 3.92. The zero-order valence-electron chi connectivity index (χ0n) is 11.2. The van der Waals surface area contributed by atoms with Gasteiger partial charge in [0, 0.05) is 0 Å². The maximum absolute atomic E-state index is 2.36. The molecule has 0 radical (unpaired) electrons. The Labute approximate surface area is 109 Å². The Morgan fingerprint density at radius 2 is 1.44 bits per heavy atom. The van der Waals surface area contributed by atoms with E-state index in [1.807, 2.05) is 0 Å². The van der Waals surface area contributed by atoms with Crippen LogP contribution in [0.5, 0.6) is 0 Å². The predicted molar refractivity (Wildman–Crippen MR) is 78.7 cm³/mol. The number of fused-ring (bicyclic) bond motifs is 1. The topological polar surface area (TPSA) is 0 Å². The van der Waals surface area contributed by atoms with E-state index in [0.717, 1.165) is 6.42 Å². The lowest BCUT2D eigenvalue weighted by Crippen LogP contribution is -1.91. The number of hydrogen-bond acceptors (Lipinski definition) is 0. The molecule has 0 fully saturated rings. The molecule has 18 heavy (non-hydrogen) atoms. The normalized spacial score (nSPS) is 13.4. The van der Waals surface area contributed by atoms with Crippen LogP contribution in [-0.2, 0) is 6.42 Å². The van der Waals surface area contributed by atoms with Crippen molar-refractivity contribution in [3.63, 3.8) is 0 Å². The fourth-order valence-electron chi connectivity index (χ4n) is 2.70. The standard InChI is InChI=1S/C18H18/c1-12-4-8-15(9-5-12)16-10-17-13(2)6-7-14(3)18(17)11-16/h4-10H,11H2,1-3H3. The highest BCUT2D eigenvalue weighted by atomic mass is 14.2. The summed E-state index contributed by atoms with van der Waals surface area (Å²) in [7, 11) is 0. The van der Waals surface area contributed by atoms with Crippen LogP contribution in [0.4, 0.5) is 0 Å². The number of allylic oxidation sites excluding steroid dienone is 1. The van der Waals surface area contributed by atoms with Crippen molar-refractivity contribution in [2.45, 2.75) is 27.2 Å². The van der Waals surface area contributed by atoms with Gasteiger partial charge in [-0.25, -0.2) is 0 Å². The molecule has 0 N–H and O–H groups in total. The van der Waals surface area contributed by atoms with E-state index in [1.165, 1.54) is 39.0 Å². The van der Waals surface area contributed by atoms with Gasteiger partial charge in [0.15, 0.2) is 0 Å². The Morgan fingerprint density at radius 3 is 2.11 bits per heavy atom. The molecule has 1 aliphatic carbocycles. The van der Waals surface area contributed by atoms with Crippen molar-refractivity contribution in [1.29, 1.82) is 0 Å². The van der Waals surface area contributed by atoms with Gasteiger partial charge in [-0.2, -0.15) is 0 Å². The Morgan fingerprint density at radius 1 is 0.778 bits per heavy atom. The van der Waals surface area contributed by atoms with Crippen molar-refractivity contribution in [3.8, 4) is 0 Å². The summed E-state index contributed by atoms with van der Waals surface area (Å²) in [4.78, 5) is 0. The van der Waals surface area contributed by atoms with E-state index in [1.54, 1.807) is 0 Å². The zero-order valence-corrected chi connectivity index (χ0v) is 11.2. The van der Waals surface area contributed by atoms with Crippen LogP contribution in [0.15, 0.2) is 36.4 Å². The van der Waals surface area contributed by atoms with Crippen LogP contribution in [0.25, 0.3) is 11.6 Å².